The Labute approximate surface area is 112 Å². The molecule has 0 aliphatic carbocycles. The Bertz CT molecular complexity index is 638. The van der Waals surface area contributed by atoms with Crippen molar-refractivity contribution in [3.8, 4) is 0 Å². The Morgan fingerprint density at radius 1 is 1.11 bits per heavy atom. The van der Waals surface area contributed by atoms with Crippen LogP contribution in [0.5, 0.6) is 0 Å². The van der Waals surface area contributed by atoms with Gasteiger partial charge >= 0.3 is 0 Å². The molecule has 0 atom stereocenters. The molecule has 0 saturated carbocycles. The second-order valence-corrected chi connectivity index (χ2v) is 5.62. The summed E-state index contributed by atoms with van der Waals surface area (Å²) in [6.45, 7) is 0.242. The maximum atomic E-state index is 11.9. The van der Waals surface area contributed by atoms with Gasteiger partial charge in [0.25, 0.3) is 0 Å². The Hall–Kier alpha value is -1.98. The number of benzene rings is 1. The molecular formula is C14H14N2O2S. The van der Waals surface area contributed by atoms with Crippen LogP contribution in [0.15, 0.2) is 65.8 Å². The van der Waals surface area contributed by atoms with Crippen LogP contribution in [0, 0.1) is 0 Å². The van der Waals surface area contributed by atoms with E-state index in [2.05, 4.69) is 9.71 Å². The van der Waals surface area contributed by atoms with Crippen molar-refractivity contribution < 1.29 is 8.42 Å². The Morgan fingerprint density at radius 3 is 2.58 bits per heavy atom. The molecule has 98 valence electrons. The number of sulfonamides is 1. The third kappa shape index (κ3) is 4.01. The van der Waals surface area contributed by atoms with E-state index >= 15 is 0 Å². The zero-order valence-corrected chi connectivity index (χ0v) is 11.0. The monoisotopic (exact) mass is 274 g/mol. The van der Waals surface area contributed by atoms with Crippen LogP contribution in [0.1, 0.15) is 5.56 Å². The molecule has 2 rings (SSSR count). The minimum absolute atomic E-state index is 0.242. The van der Waals surface area contributed by atoms with Gasteiger partial charge in [0.2, 0.25) is 10.0 Å². The number of aromatic nitrogens is 1. The molecular weight excluding hydrogens is 260 g/mol. The van der Waals surface area contributed by atoms with E-state index < -0.39 is 10.0 Å². The van der Waals surface area contributed by atoms with E-state index in [1.54, 1.807) is 48.8 Å². The fourth-order valence-corrected chi connectivity index (χ4v) is 2.51. The van der Waals surface area contributed by atoms with Gasteiger partial charge in [-0.05, 0) is 23.8 Å². The Morgan fingerprint density at radius 2 is 1.89 bits per heavy atom. The predicted molar refractivity (Wildman–Crippen MR) is 74.9 cm³/mol. The first-order valence-electron chi connectivity index (χ1n) is 5.80. The second kappa shape index (κ2) is 6.26. The smallest absolute Gasteiger partial charge is 0.240 e. The van der Waals surface area contributed by atoms with E-state index in [4.69, 9.17) is 0 Å². The summed E-state index contributed by atoms with van der Waals surface area (Å²) in [7, 11) is -3.43. The lowest BCUT2D eigenvalue weighted by atomic mass is 10.3. The van der Waals surface area contributed by atoms with Crippen molar-refractivity contribution in [3.63, 3.8) is 0 Å². The molecule has 0 radical (unpaired) electrons. The number of nitrogens with one attached hydrogen (secondary N) is 1. The molecule has 0 saturated heterocycles. The fourth-order valence-electron chi connectivity index (χ4n) is 1.51. The summed E-state index contributed by atoms with van der Waals surface area (Å²) in [5, 5.41) is 0. The highest BCUT2D eigenvalue weighted by Gasteiger charge is 2.10. The zero-order valence-electron chi connectivity index (χ0n) is 10.2. The van der Waals surface area contributed by atoms with Crippen molar-refractivity contribution in [1.29, 1.82) is 0 Å². The lowest BCUT2D eigenvalue weighted by Crippen LogP contribution is -2.23. The van der Waals surface area contributed by atoms with Gasteiger partial charge in [0.1, 0.15) is 0 Å². The highest BCUT2D eigenvalue weighted by Crippen LogP contribution is 2.06. The van der Waals surface area contributed by atoms with Gasteiger partial charge in [-0.25, -0.2) is 13.1 Å². The van der Waals surface area contributed by atoms with Crippen LogP contribution >= 0.6 is 0 Å². The lowest BCUT2D eigenvalue weighted by Gasteiger charge is -2.03. The normalized spacial score (nSPS) is 11.8. The van der Waals surface area contributed by atoms with Gasteiger partial charge in [-0.15, -0.1) is 0 Å². The first-order chi connectivity index (χ1) is 9.18. The number of nitrogens with zero attached hydrogens (tertiary/aromatic N) is 1. The molecule has 2 aromatic rings. The summed E-state index contributed by atoms with van der Waals surface area (Å²) < 4.78 is 26.3. The van der Waals surface area contributed by atoms with Gasteiger partial charge in [-0.3, -0.25) is 4.98 Å². The van der Waals surface area contributed by atoms with E-state index in [0.29, 0.717) is 0 Å². The van der Waals surface area contributed by atoms with E-state index in [1.807, 2.05) is 18.2 Å². The van der Waals surface area contributed by atoms with Crippen LogP contribution in [0.2, 0.25) is 0 Å². The van der Waals surface area contributed by atoms with Crippen LogP contribution < -0.4 is 4.72 Å². The average Bonchev–Trinajstić information content (AvgIpc) is 2.46. The molecule has 0 aliphatic rings. The summed E-state index contributed by atoms with van der Waals surface area (Å²) in [6, 6.07) is 12.0. The molecule has 0 bridgehead atoms. The van der Waals surface area contributed by atoms with Gasteiger partial charge in [-0.1, -0.05) is 36.4 Å². The largest absolute Gasteiger partial charge is 0.264 e. The molecule has 1 aromatic carbocycles. The highest BCUT2D eigenvalue weighted by molar-refractivity contribution is 7.89. The van der Waals surface area contributed by atoms with E-state index in [0.717, 1.165) is 5.56 Å². The molecule has 0 spiro atoms. The standard InChI is InChI=1S/C14H14N2O2S/c17-19(18,14-8-2-1-3-9-14)16-11-5-7-13-6-4-10-15-12-13/h1-10,12,16H,11H2. The topological polar surface area (TPSA) is 59.1 Å². The first-order valence-corrected chi connectivity index (χ1v) is 7.28. The molecule has 0 amide bonds. The third-order valence-electron chi connectivity index (χ3n) is 2.44. The zero-order chi connectivity index (χ0) is 13.6. The third-order valence-corrected chi connectivity index (χ3v) is 3.88. The van der Waals surface area contributed by atoms with E-state index in [-0.39, 0.29) is 11.4 Å². The molecule has 19 heavy (non-hydrogen) atoms. The maximum Gasteiger partial charge on any atom is 0.240 e. The van der Waals surface area contributed by atoms with Gasteiger partial charge in [-0.2, -0.15) is 0 Å². The van der Waals surface area contributed by atoms with Crippen LogP contribution in [0.4, 0.5) is 0 Å². The lowest BCUT2D eigenvalue weighted by molar-refractivity contribution is 0.585. The summed E-state index contributed by atoms with van der Waals surface area (Å²) in [5.41, 5.74) is 0.932. The second-order valence-electron chi connectivity index (χ2n) is 3.85. The molecule has 5 heteroatoms. The predicted octanol–water partition coefficient (Wildman–Crippen LogP) is 2.07. The van der Waals surface area contributed by atoms with Crippen molar-refractivity contribution >= 4 is 16.1 Å². The molecule has 4 nitrogen and oxygen atoms in total. The summed E-state index contributed by atoms with van der Waals surface area (Å²) in [6.07, 6.45) is 6.97. The van der Waals surface area contributed by atoms with Crippen LogP contribution in [0.25, 0.3) is 6.08 Å². The van der Waals surface area contributed by atoms with Gasteiger partial charge in [0.15, 0.2) is 0 Å². The molecule has 1 aromatic heterocycles. The molecule has 0 unspecified atom stereocenters. The molecule has 1 N–H and O–H groups in total. The average molecular weight is 274 g/mol. The van der Waals surface area contributed by atoms with E-state index in [9.17, 15) is 8.42 Å². The molecule has 1 heterocycles. The summed E-state index contributed by atoms with van der Waals surface area (Å²) >= 11 is 0. The first kappa shape index (κ1) is 13.5. The molecule has 0 fully saturated rings. The SMILES string of the molecule is O=S(=O)(NCC=Cc1cccnc1)c1ccccc1. The van der Waals surface area contributed by atoms with Gasteiger partial charge in [0.05, 0.1) is 4.90 Å². The summed E-state index contributed by atoms with van der Waals surface area (Å²) in [5.74, 6) is 0. The van der Waals surface area contributed by atoms with Crippen molar-refractivity contribution in [1.82, 2.24) is 9.71 Å². The summed E-state index contributed by atoms with van der Waals surface area (Å²) in [4.78, 5) is 4.24. The number of hydrogen-bond donors (Lipinski definition) is 1. The van der Waals surface area contributed by atoms with Crippen molar-refractivity contribution in [2.75, 3.05) is 6.54 Å². The quantitative estimate of drug-likeness (QED) is 0.908. The van der Waals surface area contributed by atoms with E-state index in [1.165, 1.54) is 0 Å². The maximum absolute atomic E-state index is 11.9. The molecule has 0 aliphatic heterocycles. The van der Waals surface area contributed by atoms with Crippen LogP contribution in [-0.4, -0.2) is 19.9 Å². The minimum Gasteiger partial charge on any atom is -0.264 e. The fraction of sp³-hybridized carbons (Fsp3) is 0.0714. The van der Waals surface area contributed by atoms with Crippen LogP contribution in [0.3, 0.4) is 0 Å². The number of hydrogen-bond acceptors (Lipinski definition) is 3. The Balaban J connectivity index is 1.95. The van der Waals surface area contributed by atoms with Crippen molar-refractivity contribution in [3.05, 3.63) is 66.5 Å². The van der Waals surface area contributed by atoms with Crippen molar-refractivity contribution in [2.45, 2.75) is 4.90 Å². The van der Waals surface area contributed by atoms with Crippen LogP contribution in [-0.2, 0) is 10.0 Å². The number of pyridine rings is 1. The van der Waals surface area contributed by atoms with Crippen molar-refractivity contribution in [2.24, 2.45) is 0 Å². The highest BCUT2D eigenvalue weighted by atomic mass is 32.2. The van der Waals surface area contributed by atoms with Gasteiger partial charge in [0, 0.05) is 18.9 Å². The number of rotatable bonds is 5. The van der Waals surface area contributed by atoms with Gasteiger partial charge < -0.3 is 0 Å². The minimum atomic E-state index is -3.43. The Kier molecular flexibility index (Phi) is 4.43.